The van der Waals surface area contributed by atoms with Gasteiger partial charge >= 0.3 is 0 Å². The summed E-state index contributed by atoms with van der Waals surface area (Å²) in [5.41, 5.74) is 1.34. The standard InChI is InChI=1S/C14H25N5/c1-18-6-3-11(4-7-18)12-9-16-14(17-12)13-10-15-5-8-19(13)2/h9,11,13,15H,3-8,10H2,1-2H3,(H,16,17). The van der Waals surface area contributed by atoms with E-state index in [1.54, 1.807) is 0 Å². The van der Waals surface area contributed by atoms with Crippen LogP contribution >= 0.6 is 0 Å². The van der Waals surface area contributed by atoms with Crippen LogP contribution in [0.25, 0.3) is 0 Å². The molecular weight excluding hydrogens is 238 g/mol. The Morgan fingerprint density at radius 1 is 1.21 bits per heavy atom. The topological polar surface area (TPSA) is 47.2 Å². The van der Waals surface area contributed by atoms with Gasteiger partial charge in [-0.25, -0.2) is 4.98 Å². The van der Waals surface area contributed by atoms with Crippen LogP contribution in [0.15, 0.2) is 6.20 Å². The summed E-state index contributed by atoms with van der Waals surface area (Å²) in [5, 5.41) is 3.45. The molecule has 0 aliphatic carbocycles. The maximum Gasteiger partial charge on any atom is 0.124 e. The Morgan fingerprint density at radius 3 is 2.74 bits per heavy atom. The summed E-state index contributed by atoms with van der Waals surface area (Å²) in [5.74, 6) is 1.79. The summed E-state index contributed by atoms with van der Waals surface area (Å²) in [6.45, 7) is 5.56. The van der Waals surface area contributed by atoms with E-state index in [2.05, 4.69) is 45.4 Å². The van der Waals surface area contributed by atoms with Crippen molar-refractivity contribution in [1.29, 1.82) is 0 Å². The van der Waals surface area contributed by atoms with E-state index in [1.165, 1.54) is 31.6 Å². The Morgan fingerprint density at radius 2 is 2.00 bits per heavy atom. The Bertz CT molecular complexity index is 408. The van der Waals surface area contributed by atoms with E-state index in [9.17, 15) is 0 Å². The smallest absolute Gasteiger partial charge is 0.124 e. The number of aromatic amines is 1. The SMILES string of the molecule is CN1CCC(c2cnc(C3CNCCN3C)[nH]2)CC1. The molecule has 0 radical (unpaired) electrons. The molecule has 2 saturated heterocycles. The highest BCUT2D eigenvalue weighted by molar-refractivity contribution is 5.12. The number of nitrogens with one attached hydrogen (secondary N) is 2. The lowest BCUT2D eigenvalue weighted by Crippen LogP contribution is -2.44. The number of hydrogen-bond donors (Lipinski definition) is 2. The highest BCUT2D eigenvalue weighted by Gasteiger charge is 2.25. The van der Waals surface area contributed by atoms with Crippen LogP contribution in [0, 0.1) is 0 Å². The van der Waals surface area contributed by atoms with Crippen molar-refractivity contribution >= 4 is 0 Å². The third kappa shape index (κ3) is 2.83. The monoisotopic (exact) mass is 263 g/mol. The number of aromatic nitrogens is 2. The summed E-state index contributed by atoms with van der Waals surface area (Å²) in [7, 11) is 4.39. The van der Waals surface area contributed by atoms with Crippen molar-refractivity contribution in [1.82, 2.24) is 25.1 Å². The first-order chi connectivity index (χ1) is 9.24. The first kappa shape index (κ1) is 13.1. The van der Waals surface area contributed by atoms with Crippen molar-refractivity contribution < 1.29 is 0 Å². The molecular formula is C14H25N5. The average Bonchev–Trinajstić information content (AvgIpc) is 2.89. The number of piperazine rings is 1. The van der Waals surface area contributed by atoms with Crippen molar-refractivity contribution in [2.24, 2.45) is 0 Å². The highest BCUT2D eigenvalue weighted by Crippen LogP contribution is 2.27. The molecule has 1 unspecified atom stereocenters. The van der Waals surface area contributed by atoms with Gasteiger partial charge in [-0.15, -0.1) is 0 Å². The molecule has 2 N–H and O–H groups in total. The number of nitrogens with zero attached hydrogens (tertiary/aromatic N) is 3. The summed E-state index contributed by atoms with van der Waals surface area (Å²) < 4.78 is 0. The quantitative estimate of drug-likeness (QED) is 0.828. The summed E-state index contributed by atoms with van der Waals surface area (Å²) >= 11 is 0. The number of likely N-dealkylation sites (N-methyl/N-ethyl adjacent to an activating group) is 1. The van der Waals surface area contributed by atoms with E-state index < -0.39 is 0 Å². The molecule has 3 rings (SSSR count). The first-order valence-electron chi connectivity index (χ1n) is 7.38. The molecule has 0 spiro atoms. The molecule has 2 aliphatic rings. The lowest BCUT2D eigenvalue weighted by atomic mass is 9.94. The number of piperidine rings is 1. The van der Waals surface area contributed by atoms with Gasteiger partial charge in [0.05, 0.1) is 6.04 Å². The van der Waals surface area contributed by atoms with Crippen LogP contribution in [-0.4, -0.2) is 66.6 Å². The average molecular weight is 263 g/mol. The molecule has 0 amide bonds. The van der Waals surface area contributed by atoms with Crippen molar-refractivity contribution in [2.75, 3.05) is 46.8 Å². The van der Waals surface area contributed by atoms with Crippen molar-refractivity contribution in [3.05, 3.63) is 17.7 Å². The minimum absolute atomic E-state index is 0.397. The Balaban J connectivity index is 1.68. The fraction of sp³-hybridized carbons (Fsp3) is 0.786. The zero-order valence-electron chi connectivity index (χ0n) is 12.0. The molecule has 3 heterocycles. The second kappa shape index (κ2) is 5.61. The predicted molar refractivity (Wildman–Crippen MR) is 76.3 cm³/mol. The summed E-state index contributed by atoms with van der Waals surface area (Å²) in [6, 6.07) is 0.397. The molecule has 1 aromatic rings. The number of imidazole rings is 1. The fourth-order valence-corrected chi connectivity index (χ4v) is 3.16. The fourth-order valence-electron chi connectivity index (χ4n) is 3.16. The maximum atomic E-state index is 4.63. The van der Waals surface area contributed by atoms with Crippen LogP contribution in [0.4, 0.5) is 0 Å². The van der Waals surface area contributed by atoms with Gasteiger partial charge in [0.1, 0.15) is 5.82 Å². The van der Waals surface area contributed by atoms with E-state index in [4.69, 9.17) is 0 Å². The van der Waals surface area contributed by atoms with E-state index in [0.29, 0.717) is 12.0 Å². The largest absolute Gasteiger partial charge is 0.344 e. The molecule has 5 nitrogen and oxygen atoms in total. The van der Waals surface area contributed by atoms with Crippen molar-refractivity contribution in [2.45, 2.75) is 24.8 Å². The Hall–Kier alpha value is -0.910. The van der Waals surface area contributed by atoms with Crippen LogP contribution in [0.3, 0.4) is 0 Å². The number of likely N-dealkylation sites (tertiary alicyclic amines) is 1. The molecule has 19 heavy (non-hydrogen) atoms. The molecule has 0 aromatic carbocycles. The molecule has 1 atom stereocenters. The van der Waals surface area contributed by atoms with Crippen LogP contribution < -0.4 is 5.32 Å². The van der Waals surface area contributed by atoms with Crippen LogP contribution in [0.2, 0.25) is 0 Å². The number of H-pyrrole nitrogens is 1. The third-order valence-corrected chi connectivity index (χ3v) is 4.60. The number of hydrogen-bond acceptors (Lipinski definition) is 4. The second-order valence-corrected chi connectivity index (χ2v) is 6.00. The minimum Gasteiger partial charge on any atom is -0.344 e. The van der Waals surface area contributed by atoms with E-state index in [1.807, 2.05) is 0 Å². The predicted octanol–water partition coefficient (Wildman–Crippen LogP) is 0.795. The lowest BCUT2D eigenvalue weighted by molar-refractivity contribution is 0.194. The molecule has 2 fully saturated rings. The van der Waals surface area contributed by atoms with Gasteiger partial charge in [0, 0.05) is 37.4 Å². The summed E-state index contributed by atoms with van der Waals surface area (Å²) in [4.78, 5) is 13.0. The second-order valence-electron chi connectivity index (χ2n) is 6.00. The normalized spacial score (nSPS) is 27.8. The van der Waals surface area contributed by atoms with Gasteiger partial charge in [0.2, 0.25) is 0 Å². The molecule has 0 saturated carbocycles. The maximum absolute atomic E-state index is 4.63. The van der Waals surface area contributed by atoms with Gasteiger partial charge in [-0.3, -0.25) is 4.90 Å². The van der Waals surface area contributed by atoms with E-state index in [0.717, 1.165) is 25.5 Å². The molecule has 2 aliphatic heterocycles. The highest BCUT2D eigenvalue weighted by atomic mass is 15.2. The van der Waals surface area contributed by atoms with Crippen LogP contribution in [-0.2, 0) is 0 Å². The van der Waals surface area contributed by atoms with Gasteiger partial charge in [-0.05, 0) is 40.0 Å². The van der Waals surface area contributed by atoms with Gasteiger partial charge in [0.15, 0.2) is 0 Å². The van der Waals surface area contributed by atoms with E-state index in [-0.39, 0.29) is 0 Å². The lowest BCUT2D eigenvalue weighted by Gasteiger charge is -2.31. The minimum atomic E-state index is 0.397. The molecule has 5 heteroatoms. The molecule has 1 aromatic heterocycles. The molecule has 106 valence electrons. The Kier molecular flexibility index (Phi) is 3.86. The van der Waals surface area contributed by atoms with Crippen molar-refractivity contribution in [3.63, 3.8) is 0 Å². The van der Waals surface area contributed by atoms with E-state index >= 15 is 0 Å². The van der Waals surface area contributed by atoms with Crippen molar-refractivity contribution in [3.8, 4) is 0 Å². The number of rotatable bonds is 2. The van der Waals surface area contributed by atoms with Gasteiger partial charge < -0.3 is 15.2 Å². The van der Waals surface area contributed by atoms with Gasteiger partial charge in [-0.2, -0.15) is 0 Å². The zero-order valence-corrected chi connectivity index (χ0v) is 12.0. The molecule has 0 bridgehead atoms. The third-order valence-electron chi connectivity index (χ3n) is 4.60. The first-order valence-corrected chi connectivity index (χ1v) is 7.38. The van der Waals surface area contributed by atoms with Gasteiger partial charge in [-0.1, -0.05) is 0 Å². The van der Waals surface area contributed by atoms with Gasteiger partial charge in [0.25, 0.3) is 0 Å². The summed E-state index contributed by atoms with van der Waals surface area (Å²) in [6.07, 6.45) is 4.56. The Labute approximate surface area is 115 Å². The van der Waals surface area contributed by atoms with Crippen LogP contribution in [0.5, 0.6) is 0 Å². The zero-order chi connectivity index (χ0) is 13.2. The van der Waals surface area contributed by atoms with Crippen LogP contribution in [0.1, 0.15) is 36.3 Å².